The monoisotopic (exact) mass is 232 g/mol. The largest absolute Gasteiger partial charge is 0.366 e. The topological polar surface area (TPSA) is 56.7 Å². The molecule has 68 valence electrons. The molecular formula is C7H13BrN4. The number of rotatable bonds is 4. The predicted octanol–water partition coefficient (Wildman–Crippen LogP) is 1.81. The van der Waals surface area contributed by atoms with Crippen LogP contribution in [0.4, 0.5) is 5.95 Å². The van der Waals surface area contributed by atoms with Gasteiger partial charge in [-0.05, 0) is 22.4 Å². The van der Waals surface area contributed by atoms with Gasteiger partial charge < -0.3 is 5.73 Å². The summed E-state index contributed by atoms with van der Waals surface area (Å²) in [6, 6.07) is 0. The maximum absolute atomic E-state index is 5.41. The molecule has 2 N–H and O–H groups in total. The standard InChI is InChI=1S/C7H13BrN4/c1-2-3-4-5-12-6(8)10-7(9)11-12/h2-5H2,1H3,(H2,9,11). The molecule has 0 bridgehead atoms. The molecule has 0 aromatic carbocycles. The van der Waals surface area contributed by atoms with Gasteiger partial charge in [-0.3, -0.25) is 0 Å². The Morgan fingerprint density at radius 2 is 2.25 bits per heavy atom. The van der Waals surface area contributed by atoms with Crippen LogP contribution in [0.1, 0.15) is 26.2 Å². The Labute approximate surface area is 80.3 Å². The number of aryl methyl sites for hydroxylation is 1. The SMILES string of the molecule is CCCCCn1nc(N)nc1Br. The average Bonchev–Trinajstić information content (AvgIpc) is 2.31. The summed E-state index contributed by atoms with van der Waals surface area (Å²) in [6.45, 7) is 3.06. The number of nitrogens with zero attached hydrogens (tertiary/aromatic N) is 3. The van der Waals surface area contributed by atoms with Crippen LogP contribution in [0.5, 0.6) is 0 Å². The van der Waals surface area contributed by atoms with E-state index < -0.39 is 0 Å². The molecule has 0 saturated heterocycles. The molecule has 0 unspecified atom stereocenters. The van der Waals surface area contributed by atoms with E-state index in [-0.39, 0.29) is 0 Å². The lowest BCUT2D eigenvalue weighted by Crippen LogP contribution is -2.01. The van der Waals surface area contributed by atoms with Crippen molar-refractivity contribution in [1.29, 1.82) is 0 Å². The second-order valence-corrected chi connectivity index (χ2v) is 3.38. The number of hydrogen-bond acceptors (Lipinski definition) is 3. The van der Waals surface area contributed by atoms with E-state index in [9.17, 15) is 0 Å². The second-order valence-electron chi connectivity index (χ2n) is 2.67. The summed E-state index contributed by atoms with van der Waals surface area (Å²) in [5.74, 6) is 0.332. The molecule has 1 heterocycles. The van der Waals surface area contributed by atoms with Crippen LogP contribution < -0.4 is 5.73 Å². The lowest BCUT2D eigenvalue weighted by atomic mass is 10.2. The summed E-state index contributed by atoms with van der Waals surface area (Å²) in [6.07, 6.45) is 3.55. The van der Waals surface area contributed by atoms with Crippen molar-refractivity contribution in [2.45, 2.75) is 32.7 Å². The molecule has 0 spiro atoms. The smallest absolute Gasteiger partial charge is 0.240 e. The van der Waals surface area contributed by atoms with E-state index in [0.29, 0.717) is 5.95 Å². The summed E-state index contributed by atoms with van der Waals surface area (Å²) in [5.41, 5.74) is 5.41. The van der Waals surface area contributed by atoms with Crippen molar-refractivity contribution >= 4 is 21.9 Å². The molecule has 5 heteroatoms. The Kier molecular flexibility index (Phi) is 3.52. The molecule has 4 nitrogen and oxygen atoms in total. The maximum Gasteiger partial charge on any atom is 0.240 e. The van der Waals surface area contributed by atoms with Crippen LogP contribution in [0.15, 0.2) is 4.73 Å². The first-order valence-corrected chi connectivity index (χ1v) is 4.89. The van der Waals surface area contributed by atoms with Crippen molar-refractivity contribution in [2.24, 2.45) is 0 Å². The number of nitrogen functional groups attached to an aromatic ring is 1. The Bertz CT molecular complexity index is 246. The Morgan fingerprint density at radius 3 is 2.75 bits per heavy atom. The third-order valence-electron chi connectivity index (χ3n) is 1.62. The Balaban J connectivity index is 2.45. The van der Waals surface area contributed by atoms with Crippen LogP contribution in [0.25, 0.3) is 0 Å². The van der Waals surface area contributed by atoms with E-state index >= 15 is 0 Å². The molecule has 0 saturated carbocycles. The fraction of sp³-hybridized carbons (Fsp3) is 0.714. The van der Waals surface area contributed by atoms with Gasteiger partial charge in [0.15, 0.2) is 4.73 Å². The molecule has 12 heavy (non-hydrogen) atoms. The van der Waals surface area contributed by atoms with Gasteiger partial charge in [0.05, 0.1) is 0 Å². The number of unbranched alkanes of at least 4 members (excludes halogenated alkanes) is 2. The van der Waals surface area contributed by atoms with Gasteiger partial charge in [-0.15, -0.1) is 5.10 Å². The zero-order valence-electron chi connectivity index (χ0n) is 7.13. The van der Waals surface area contributed by atoms with Crippen LogP contribution in [0.3, 0.4) is 0 Å². The normalized spacial score (nSPS) is 10.5. The zero-order valence-corrected chi connectivity index (χ0v) is 8.71. The van der Waals surface area contributed by atoms with Gasteiger partial charge in [0, 0.05) is 6.54 Å². The molecular weight excluding hydrogens is 220 g/mol. The fourth-order valence-electron chi connectivity index (χ4n) is 0.993. The molecule has 0 aliphatic heterocycles. The third kappa shape index (κ3) is 2.48. The van der Waals surface area contributed by atoms with Gasteiger partial charge in [-0.1, -0.05) is 19.8 Å². The van der Waals surface area contributed by atoms with Crippen molar-refractivity contribution in [2.75, 3.05) is 5.73 Å². The van der Waals surface area contributed by atoms with Gasteiger partial charge in [0.1, 0.15) is 0 Å². The van der Waals surface area contributed by atoms with Gasteiger partial charge in [0.25, 0.3) is 0 Å². The quantitative estimate of drug-likeness (QED) is 0.807. The number of halogens is 1. The molecule has 1 aromatic heterocycles. The summed E-state index contributed by atoms with van der Waals surface area (Å²) in [5, 5.41) is 4.02. The highest BCUT2D eigenvalue weighted by Gasteiger charge is 2.02. The molecule has 0 aliphatic carbocycles. The number of nitrogens with two attached hydrogens (primary N) is 1. The van der Waals surface area contributed by atoms with E-state index in [1.165, 1.54) is 12.8 Å². The first kappa shape index (κ1) is 9.51. The number of aromatic nitrogens is 3. The highest BCUT2D eigenvalue weighted by atomic mass is 79.9. The first-order chi connectivity index (χ1) is 5.74. The van der Waals surface area contributed by atoms with Gasteiger partial charge in [-0.25, -0.2) is 4.68 Å². The van der Waals surface area contributed by atoms with Gasteiger partial charge in [0.2, 0.25) is 5.95 Å². The van der Waals surface area contributed by atoms with Crippen LogP contribution in [-0.4, -0.2) is 14.8 Å². The minimum atomic E-state index is 0.332. The van der Waals surface area contributed by atoms with Gasteiger partial charge in [-0.2, -0.15) is 4.98 Å². The highest BCUT2D eigenvalue weighted by Crippen LogP contribution is 2.09. The van der Waals surface area contributed by atoms with E-state index in [1.54, 1.807) is 4.68 Å². The second kappa shape index (κ2) is 4.45. The van der Waals surface area contributed by atoms with Crippen LogP contribution >= 0.6 is 15.9 Å². The van der Waals surface area contributed by atoms with Crippen LogP contribution in [0, 0.1) is 0 Å². The third-order valence-corrected chi connectivity index (χ3v) is 2.20. The highest BCUT2D eigenvalue weighted by molar-refractivity contribution is 9.10. The van der Waals surface area contributed by atoms with Gasteiger partial charge >= 0.3 is 0 Å². The first-order valence-electron chi connectivity index (χ1n) is 4.10. The Morgan fingerprint density at radius 1 is 1.50 bits per heavy atom. The summed E-state index contributed by atoms with van der Waals surface area (Å²) in [4.78, 5) is 3.94. The maximum atomic E-state index is 5.41. The molecule has 0 radical (unpaired) electrons. The molecule has 0 fully saturated rings. The molecule has 0 atom stereocenters. The lowest BCUT2D eigenvalue weighted by molar-refractivity contribution is 0.544. The van der Waals surface area contributed by atoms with E-state index in [0.717, 1.165) is 17.7 Å². The van der Waals surface area contributed by atoms with Crippen molar-refractivity contribution in [3.8, 4) is 0 Å². The molecule has 1 aromatic rings. The fourth-order valence-corrected chi connectivity index (χ4v) is 1.43. The van der Waals surface area contributed by atoms with Crippen molar-refractivity contribution in [3.63, 3.8) is 0 Å². The molecule has 0 aliphatic rings. The number of hydrogen-bond donors (Lipinski definition) is 1. The zero-order chi connectivity index (χ0) is 8.97. The van der Waals surface area contributed by atoms with Crippen LogP contribution in [-0.2, 0) is 6.54 Å². The van der Waals surface area contributed by atoms with E-state index in [2.05, 4.69) is 32.9 Å². The Hall–Kier alpha value is -0.580. The van der Waals surface area contributed by atoms with E-state index in [4.69, 9.17) is 5.73 Å². The van der Waals surface area contributed by atoms with Crippen molar-refractivity contribution < 1.29 is 0 Å². The molecule has 1 rings (SSSR count). The van der Waals surface area contributed by atoms with E-state index in [1.807, 2.05) is 0 Å². The summed E-state index contributed by atoms with van der Waals surface area (Å²) < 4.78 is 2.50. The minimum Gasteiger partial charge on any atom is -0.366 e. The van der Waals surface area contributed by atoms with Crippen molar-refractivity contribution in [1.82, 2.24) is 14.8 Å². The minimum absolute atomic E-state index is 0.332. The predicted molar refractivity (Wildman–Crippen MR) is 51.7 cm³/mol. The van der Waals surface area contributed by atoms with Crippen molar-refractivity contribution in [3.05, 3.63) is 4.73 Å². The number of anilines is 1. The summed E-state index contributed by atoms with van der Waals surface area (Å²) in [7, 11) is 0. The average molecular weight is 233 g/mol. The summed E-state index contributed by atoms with van der Waals surface area (Å²) >= 11 is 3.28. The lowest BCUT2D eigenvalue weighted by Gasteiger charge is -1.99. The molecule has 0 amide bonds. The van der Waals surface area contributed by atoms with Crippen LogP contribution in [0.2, 0.25) is 0 Å².